The maximum atomic E-state index is 10.2. The lowest BCUT2D eigenvalue weighted by Crippen LogP contribution is -2.25. The number of aliphatic hydroxyl groups is 1. The SMILES string of the molecule is C[C@H]1CC=C[C@H]([C@H](O)Cc2ccccc2)C1. The van der Waals surface area contributed by atoms with Crippen molar-refractivity contribution in [1.82, 2.24) is 0 Å². The molecule has 2 rings (SSSR count). The highest BCUT2D eigenvalue weighted by atomic mass is 16.3. The molecule has 1 heteroatoms. The van der Waals surface area contributed by atoms with Crippen molar-refractivity contribution in [2.45, 2.75) is 32.3 Å². The number of aliphatic hydroxyl groups excluding tert-OH is 1. The third-order valence-corrected chi connectivity index (χ3v) is 3.38. The molecule has 86 valence electrons. The highest BCUT2D eigenvalue weighted by molar-refractivity contribution is 5.16. The Morgan fingerprint density at radius 2 is 2.06 bits per heavy atom. The topological polar surface area (TPSA) is 20.2 Å². The Morgan fingerprint density at radius 1 is 1.31 bits per heavy atom. The van der Waals surface area contributed by atoms with Gasteiger partial charge in [-0.1, -0.05) is 49.4 Å². The summed E-state index contributed by atoms with van der Waals surface area (Å²) in [5.74, 6) is 1.05. The molecular weight excluding hydrogens is 196 g/mol. The monoisotopic (exact) mass is 216 g/mol. The first-order chi connectivity index (χ1) is 7.75. The Bertz CT molecular complexity index is 342. The molecule has 0 saturated heterocycles. The van der Waals surface area contributed by atoms with Crippen LogP contribution in [0, 0.1) is 11.8 Å². The second kappa shape index (κ2) is 5.31. The Morgan fingerprint density at radius 3 is 2.75 bits per heavy atom. The zero-order valence-corrected chi connectivity index (χ0v) is 9.84. The molecule has 1 aliphatic carbocycles. The molecule has 1 aromatic rings. The molecule has 1 aromatic carbocycles. The third-order valence-electron chi connectivity index (χ3n) is 3.38. The predicted octanol–water partition coefficient (Wildman–Crippen LogP) is 3.19. The van der Waals surface area contributed by atoms with Gasteiger partial charge in [-0.2, -0.15) is 0 Å². The predicted molar refractivity (Wildman–Crippen MR) is 67.2 cm³/mol. The summed E-state index contributed by atoms with van der Waals surface area (Å²) >= 11 is 0. The lowest BCUT2D eigenvalue weighted by Gasteiger charge is -2.26. The Balaban J connectivity index is 1.95. The fourth-order valence-electron chi connectivity index (χ4n) is 2.42. The normalized spacial score (nSPS) is 26.6. The molecule has 16 heavy (non-hydrogen) atoms. The molecule has 0 unspecified atom stereocenters. The van der Waals surface area contributed by atoms with Crippen LogP contribution >= 0.6 is 0 Å². The van der Waals surface area contributed by atoms with Crippen LogP contribution in [-0.2, 0) is 6.42 Å². The van der Waals surface area contributed by atoms with Crippen molar-refractivity contribution in [3.8, 4) is 0 Å². The van der Waals surface area contributed by atoms with Crippen LogP contribution in [0.1, 0.15) is 25.3 Å². The molecule has 0 aromatic heterocycles. The summed E-state index contributed by atoms with van der Waals surface area (Å²) in [7, 11) is 0. The second-order valence-electron chi connectivity index (χ2n) is 4.93. The largest absolute Gasteiger partial charge is 0.392 e. The van der Waals surface area contributed by atoms with Crippen LogP contribution in [0.4, 0.5) is 0 Å². The summed E-state index contributed by atoms with van der Waals surface area (Å²) in [5.41, 5.74) is 1.22. The van der Waals surface area contributed by atoms with Gasteiger partial charge in [0.05, 0.1) is 6.10 Å². The highest BCUT2D eigenvalue weighted by Gasteiger charge is 2.21. The van der Waals surface area contributed by atoms with Gasteiger partial charge in [0.15, 0.2) is 0 Å². The van der Waals surface area contributed by atoms with Gasteiger partial charge in [-0.05, 0) is 30.7 Å². The van der Waals surface area contributed by atoms with Crippen molar-refractivity contribution in [3.05, 3.63) is 48.0 Å². The van der Waals surface area contributed by atoms with Gasteiger partial charge in [-0.3, -0.25) is 0 Å². The van der Waals surface area contributed by atoms with E-state index in [1.807, 2.05) is 18.2 Å². The molecule has 0 spiro atoms. The van der Waals surface area contributed by atoms with Crippen LogP contribution in [-0.4, -0.2) is 11.2 Å². The lowest BCUT2D eigenvalue weighted by molar-refractivity contribution is 0.114. The average Bonchev–Trinajstić information content (AvgIpc) is 2.30. The van der Waals surface area contributed by atoms with Gasteiger partial charge in [-0.25, -0.2) is 0 Å². The first-order valence-electron chi connectivity index (χ1n) is 6.14. The summed E-state index contributed by atoms with van der Waals surface area (Å²) in [6.07, 6.45) is 7.21. The minimum Gasteiger partial charge on any atom is -0.392 e. The standard InChI is InChI=1S/C15H20O/c1-12-6-5-9-14(10-12)15(16)11-13-7-3-2-4-8-13/h2-5,7-9,12,14-16H,6,10-11H2,1H3/t12-,14-,15+/m0/s1. The molecule has 1 N–H and O–H groups in total. The molecule has 0 saturated carbocycles. The molecule has 0 radical (unpaired) electrons. The van der Waals surface area contributed by atoms with Gasteiger partial charge >= 0.3 is 0 Å². The van der Waals surface area contributed by atoms with Crippen molar-refractivity contribution in [2.24, 2.45) is 11.8 Å². The molecular formula is C15H20O. The average molecular weight is 216 g/mol. The lowest BCUT2D eigenvalue weighted by atomic mass is 9.83. The van der Waals surface area contributed by atoms with E-state index < -0.39 is 0 Å². The molecule has 1 aliphatic rings. The Kier molecular flexibility index (Phi) is 3.79. The molecule has 0 amide bonds. The number of allylic oxidation sites excluding steroid dienone is 1. The third kappa shape index (κ3) is 2.96. The minimum absolute atomic E-state index is 0.235. The number of benzene rings is 1. The summed E-state index contributed by atoms with van der Waals surface area (Å²) in [6.45, 7) is 2.26. The maximum Gasteiger partial charge on any atom is 0.0643 e. The Labute approximate surface area is 97.8 Å². The van der Waals surface area contributed by atoms with Crippen molar-refractivity contribution >= 4 is 0 Å². The minimum atomic E-state index is -0.235. The smallest absolute Gasteiger partial charge is 0.0643 e. The van der Waals surface area contributed by atoms with Crippen molar-refractivity contribution < 1.29 is 5.11 Å². The van der Waals surface area contributed by atoms with E-state index >= 15 is 0 Å². The Hall–Kier alpha value is -1.08. The fraction of sp³-hybridized carbons (Fsp3) is 0.467. The van der Waals surface area contributed by atoms with Gasteiger partial charge in [0.25, 0.3) is 0 Å². The maximum absolute atomic E-state index is 10.2. The summed E-state index contributed by atoms with van der Waals surface area (Å²) < 4.78 is 0. The first-order valence-corrected chi connectivity index (χ1v) is 6.14. The molecule has 0 bridgehead atoms. The van der Waals surface area contributed by atoms with Gasteiger partial charge in [-0.15, -0.1) is 0 Å². The van der Waals surface area contributed by atoms with Crippen LogP contribution in [0.2, 0.25) is 0 Å². The first kappa shape index (κ1) is 11.4. The van der Waals surface area contributed by atoms with E-state index in [-0.39, 0.29) is 6.10 Å². The van der Waals surface area contributed by atoms with E-state index in [0.717, 1.165) is 19.3 Å². The number of hydrogen-bond acceptors (Lipinski definition) is 1. The molecule has 0 fully saturated rings. The molecule has 3 atom stereocenters. The van der Waals surface area contributed by atoms with Crippen LogP contribution in [0.25, 0.3) is 0 Å². The van der Waals surface area contributed by atoms with Gasteiger partial charge < -0.3 is 5.11 Å². The van der Waals surface area contributed by atoms with Crippen LogP contribution in [0.5, 0.6) is 0 Å². The van der Waals surface area contributed by atoms with Gasteiger partial charge in [0, 0.05) is 5.92 Å². The fourth-order valence-corrected chi connectivity index (χ4v) is 2.42. The quantitative estimate of drug-likeness (QED) is 0.769. The molecule has 0 aliphatic heterocycles. The van der Waals surface area contributed by atoms with Crippen molar-refractivity contribution in [2.75, 3.05) is 0 Å². The highest BCUT2D eigenvalue weighted by Crippen LogP contribution is 2.26. The van der Waals surface area contributed by atoms with Crippen LogP contribution in [0.3, 0.4) is 0 Å². The number of rotatable bonds is 3. The van der Waals surface area contributed by atoms with Gasteiger partial charge in [0.2, 0.25) is 0 Å². The van der Waals surface area contributed by atoms with Crippen LogP contribution < -0.4 is 0 Å². The van der Waals surface area contributed by atoms with Crippen LogP contribution in [0.15, 0.2) is 42.5 Å². The summed E-state index contributed by atoms with van der Waals surface area (Å²) in [6, 6.07) is 10.2. The number of hydrogen-bond donors (Lipinski definition) is 1. The van der Waals surface area contributed by atoms with E-state index in [0.29, 0.717) is 11.8 Å². The van der Waals surface area contributed by atoms with E-state index in [1.54, 1.807) is 0 Å². The van der Waals surface area contributed by atoms with Gasteiger partial charge in [0.1, 0.15) is 0 Å². The van der Waals surface area contributed by atoms with Crippen molar-refractivity contribution in [1.29, 1.82) is 0 Å². The molecule has 0 heterocycles. The second-order valence-corrected chi connectivity index (χ2v) is 4.93. The zero-order chi connectivity index (χ0) is 11.4. The summed E-state index contributed by atoms with van der Waals surface area (Å²) in [5, 5.41) is 10.2. The van der Waals surface area contributed by atoms with E-state index in [9.17, 15) is 5.11 Å². The van der Waals surface area contributed by atoms with E-state index in [4.69, 9.17) is 0 Å². The van der Waals surface area contributed by atoms with E-state index in [2.05, 4.69) is 31.2 Å². The molecule has 1 nitrogen and oxygen atoms in total. The summed E-state index contributed by atoms with van der Waals surface area (Å²) in [4.78, 5) is 0. The van der Waals surface area contributed by atoms with E-state index in [1.165, 1.54) is 5.56 Å². The van der Waals surface area contributed by atoms with Crippen molar-refractivity contribution in [3.63, 3.8) is 0 Å². The zero-order valence-electron chi connectivity index (χ0n) is 9.84.